The maximum absolute atomic E-state index is 5.98. The predicted molar refractivity (Wildman–Crippen MR) is 99.1 cm³/mol. The molecular weight excluding hydrogens is 304 g/mol. The Morgan fingerprint density at radius 2 is 1.83 bits per heavy atom. The third-order valence-electron chi connectivity index (χ3n) is 4.39. The molecule has 0 fully saturated rings. The largest absolute Gasteiger partial charge is 0.343 e. The van der Waals surface area contributed by atoms with E-state index in [-0.39, 0.29) is 0 Å². The van der Waals surface area contributed by atoms with E-state index in [9.17, 15) is 0 Å². The zero-order chi connectivity index (χ0) is 16.2. The van der Waals surface area contributed by atoms with E-state index in [0.717, 1.165) is 24.5 Å². The first kappa shape index (κ1) is 16.1. The molecule has 0 aliphatic carbocycles. The normalized spacial score (nSPS) is 12.7. The summed E-state index contributed by atoms with van der Waals surface area (Å²) in [6.45, 7) is 6.21. The van der Waals surface area contributed by atoms with Gasteiger partial charge in [-0.1, -0.05) is 48.9 Å². The predicted octanol–water partition coefficient (Wildman–Crippen LogP) is 5.23. The van der Waals surface area contributed by atoms with E-state index in [4.69, 9.17) is 11.6 Å². The Bertz CT molecular complexity index is 774. The highest BCUT2D eigenvalue weighted by molar-refractivity contribution is 6.30. The second-order valence-electron chi connectivity index (χ2n) is 6.12. The van der Waals surface area contributed by atoms with Crippen molar-refractivity contribution in [2.75, 3.05) is 0 Å². The standard InChI is InChI=1S/C20H23ClN2/c1-3-15(2)22-12-17-14-23(20-7-5-4-6-19(17)20)13-16-8-10-18(21)11-9-16/h4-11,14-15,22H,3,12-13H2,1-2H3/t15-/m0/s1. The lowest BCUT2D eigenvalue weighted by Crippen LogP contribution is -2.24. The lowest BCUT2D eigenvalue weighted by Gasteiger charge is -2.10. The SMILES string of the molecule is CC[C@H](C)NCc1cn(Cc2ccc(Cl)cc2)c2ccccc12. The van der Waals surface area contributed by atoms with Crippen LogP contribution < -0.4 is 5.32 Å². The number of nitrogens with zero attached hydrogens (tertiary/aromatic N) is 1. The monoisotopic (exact) mass is 326 g/mol. The third kappa shape index (κ3) is 3.77. The van der Waals surface area contributed by atoms with Gasteiger partial charge < -0.3 is 9.88 Å². The van der Waals surface area contributed by atoms with Gasteiger partial charge >= 0.3 is 0 Å². The van der Waals surface area contributed by atoms with Gasteiger partial charge in [0.05, 0.1) is 0 Å². The molecule has 0 saturated heterocycles. The van der Waals surface area contributed by atoms with Crippen molar-refractivity contribution in [2.24, 2.45) is 0 Å². The Balaban J connectivity index is 1.89. The Morgan fingerprint density at radius 1 is 1.09 bits per heavy atom. The van der Waals surface area contributed by atoms with E-state index in [0.29, 0.717) is 6.04 Å². The van der Waals surface area contributed by atoms with Gasteiger partial charge in [-0.3, -0.25) is 0 Å². The van der Waals surface area contributed by atoms with Crippen LogP contribution >= 0.6 is 11.6 Å². The summed E-state index contributed by atoms with van der Waals surface area (Å²) in [6, 6.07) is 17.2. The minimum Gasteiger partial charge on any atom is -0.343 e. The molecule has 0 saturated carbocycles. The van der Waals surface area contributed by atoms with Crippen molar-refractivity contribution >= 4 is 22.5 Å². The van der Waals surface area contributed by atoms with E-state index in [1.165, 1.54) is 22.0 Å². The van der Waals surface area contributed by atoms with Crippen LogP contribution in [-0.2, 0) is 13.1 Å². The third-order valence-corrected chi connectivity index (χ3v) is 4.64. The van der Waals surface area contributed by atoms with Crippen LogP contribution in [0, 0.1) is 0 Å². The van der Waals surface area contributed by atoms with Crippen molar-refractivity contribution in [3.63, 3.8) is 0 Å². The smallest absolute Gasteiger partial charge is 0.0486 e. The van der Waals surface area contributed by atoms with E-state index in [1.54, 1.807) is 0 Å². The van der Waals surface area contributed by atoms with Crippen molar-refractivity contribution in [3.8, 4) is 0 Å². The highest BCUT2D eigenvalue weighted by Gasteiger charge is 2.09. The van der Waals surface area contributed by atoms with Gasteiger partial charge in [-0.25, -0.2) is 0 Å². The van der Waals surface area contributed by atoms with E-state index in [1.807, 2.05) is 12.1 Å². The zero-order valence-electron chi connectivity index (χ0n) is 13.7. The molecule has 3 aromatic rings. The molecule has 0 aliphatic heterocycles. The number of para-hydroxylation sites is 1. The average Bonchev–Trinajstić information content (AvgIpc) is 2.93. The molecule has 3 rings (SSSR count). The number of halogens is 1. The van der Waals surface area contributed by atoms with Gasteiger partial charge in [-0.15, -0.1) is 0 Å². The van der Waals surface area contributed by atoms with Crippen LogP contribution in [0.15, 0.2) is 54.7 Å². The maximum atomic E-state index is 5.98. The minimum absolute atomic E-state index is 0.536. The number of hydrogen-bond donors (Lipinski definition) is 1. The Kier molecular flexibility index (Phi) is 5.04. The number of hydrogen-bond acceptors (Lipinski definition) is 1. The molecule has 0 bridgehead atoms. The fourth-order valence-electron chi connectivity index (χ4n) is 2.81. The Morgan fingerprint density at radius 3 is 2.57 bits per heavy atom. The molecule has 2 aromatic carbocycles. The number of fused-ring (bicyclic) bond motifs is 1. The van der Waals surface area contributed by atoms with Gasteiger partial charge in [0.1, 0.15) is 0 Å². The van der Waals surface area contributed by atoms with Crippen molar-refractivity contribution < 1.29 is 0 Å². The highest BCUT2D eigenvalue weighted by atomic mass is 35.5. The van der Waals surface area contributed by atoms with Gasteiger partial charge in [0.15, 0.2) is 0 Å². The summed E-state index contributed by atoms with van der Waals surface area (Å²) < 4.78 is 2.33. The molecule has 1 heterocycles. The molecule has 1 N–H and O–H groups in total. The van der Waals surface area contributed by atoms with Crippen LogP contribution in [-0.4, -0.2) is 10.6 Å². The number of rotatable bonds is 6. The summed E-state index contributed by atoms with van der Waals surface area (Å²) in [7, 11) is 0. The quantitative estimate of drug-likeness (QED) is 0.656. The lowest BCUT2D eigenvalue weighted by molar-refractivity contribution is 0.535. The molecule has 0 aliphatic rings. The summed E-state index contributed by atoms with van der Waals surface area (Å²) in [6.07, 6.45) is 3.41. The second-order valence-corrected chi connectivity index (χ2v) is 6.55. The molecule has 0 unspecified atom stereocenters. The minimum atomic E-state index is 0.536. The van der Waals surface area contributed by atoms with Crippen LogP contribution in [0.1, 0.15) is 31.4 Å². The summed E-state index contributed by atoms with van der Waals surface area (Å²) in [5.41, 5.74) is 3.90. The first-order valence-electron chi connectivity index (χ1n) is 8.22. The molecule has 0 spiro atoms. The van der Waals surface area contributed by atoms with Crippen LogP contribution in [0.5, 0.6) is 0 Å². The Labute approximate surface area is 143 Å². The number of aromatic nitrogens is 1. The van der Waals surface area contributed by atoms with Crippen molar-refractivity contribution in [1.82, 2.24) is 9.88 Å². The molecule has 120 valence electrons. The average molecular weight is 327 g/mol. The zero-order valence-corrected chi connectivity index (χ0v) is 14.5. The number of nitrogens with one attached hydrogen (secondary N) is 1. The van der Waals surface area contributed by atoms with Crippen LogP contribution in [0.4, 0.5) is 0 Å². The van der Waals surface area contributed by atoms with Crippen LogP contribution in [0.3, 0.4) is 0 Å². The summed E-state index contributed by atoms with van der Waals surface area (Å²) in [5.74, 6) is 0. The first-order chi connectivity index (χ1) is 11.2. The fourth-order valence-corrected chi connectivity index (χ4v) is 2.94. The van der Waals surface area contributed by atoms with Gasteiger partial charge in [0.2, 0.25) is 0 Å². The molecule has 1 aromatic heterocycles. The Hall–Kier alpha value is -1.77. The first-order valence-corrected chi connectivity index (χ1v) is 8.59. The molecule has 3 heteroatoms. The highest BCUT2D eigenvalue weighted by Crippen LogP contribution is 2.23. The van der Waals surface area contributed by atoms with Crippen molar-refractivity contribution in [1.29, 1.82) is 0 Å². The van der Waals surface area contributed by atoms with Crippen molar-refractivity contribution in [3.05, 3.63) is 70.9 Å². The van der Waals surface area contributed by atoms with Crippen molar-refractivity contribution in [2.45, 2.75) is 39.4 Å². The molecule has 0 amide bonds. The van der Waals surface area contributed by atoms with Crippen LogP contribution in [0.2, 0.25) is 5.02 Å². The van der Waals surface area contributed by atoms with E-state index >= 15 is 0 Å². The molecule has 2 nitrogen and oxygen atoms in total. The summed E-state index contributed by atoms with van der Waals surface area (Å²) >= 11 is 5.98. The van der Waals surface area contributed by atoms with Gasteiger partial charge in [0, 0.05) is 41.3 Å². The second kappa shape index (κ2) is 7.20. The lowest BCUT2D eigenvalue weighted by atomic mass is 10.1. The van der Waals surface area contributed by atoms with E-state index in [2.05, 4.69) is 66.3 Å². The maximum Gasteiger partial charge on any atom is 0.0486 e. The van der Waals surface area contributed by atoms with Gasteiger partial charge in [0.25, 0.3) is 0 Å². The topological polar surface area (TPSA) is 17.0 Å². The number of benzene rings is 2. The molecule has 1 atom stereocenters. The van der Waals surface area contributed by atoms with E-state index < -0.39 is 0 Å². The summed E-state index contributed by atoms with van der Waals surface area (Å²) in [4.78, 5) is 0. The molecule has 23 heavy (non-hydrogen) atoms. The van der Waals surface area contributed by atoms with Gasteiger partial charge in [-0.05, 0) is 42.7 Å². The molecular formula is C20H23ClN2. The summed E-state index contributed by atoms with van der Waals surface area (Å²) in [5, 5.41) is 5.71. The van der Waals surface area contributed by atoms with Crippen LogP contribution in [0.25, 0.3) is 10.9 Å². The molecule has 0 radical (unpaired) electrons. The van der Waals surface area contributed by atoms with Gasteiger partial charge in [-0.2, -0.15) is 0 Å². The fraction of sp³-hybridized carbons (Fsp3) is 0.300.